The minimum absolute atomic E-state index is 0.375. The summed E-state index contributed by atoms with van der Waals surface area (Å²) in [7, 11) is 1.64. The molecule has 0 spiro atoms. The first-order valence-electron chi connectivity index (χ1n) is 7.15. The highest BCUT2D eigenvalue weighted by atomic mass is 32.1. The number of fused-ring (bicyclic) bond motifs is 1. The van der Waals surface area contributed by atoms with Crippen molar-refractivity contribution in [3.8, 4) is 5.88 Å². The standard InChI is InChI=1S/C15H21N3OS/c1-15(2)8-4-5-10(9-15)18-13-11(16-14(18)20)6-7-12(17-13)19-3/h6-7,10H,4-5,8-9H2,1-3H3,(H,16,20). The van der Waals surface area contributed by atoms with E-state index in [9.17, 15) is 0 Å². The first-order valence-corrected chi connectivity index (χ1v) is 7.56. The van der Waals surface area contributed by atoms with Crippen LogP contribution in [0.25, 0.3) is 11.2 Å². The van der Waals surface area contributed by atoms with Crippen molar-refractivity contribution in [1.82, 2.24) is 14.5 Å². The quantitative estimate of drug-likeness (QED) is 0.841. The van der Waals surface area contributed by atoms with Gasteiger partial charge in [-0.2, -0.15) is 4.98 Å². The van der Waals surface area contributed by atoms with E-state index >= 15 is 0 Å². The summed E-state index contributed by atoms with van der Waals surface area (Å²) in [5.74, 6) is 0.635. The Morgan fingerprint density at radius 2 is 2.25 bits per heavy atom. The van der Waals surface area contributed by atoms with Gasteiger partial charge in [0.05, 0.1) is 12.6 Å². The van der Waals surface area contributed by atoms with Crippen LogP contribution in [0, 0.1) is 10.2 Å². The first-order chi connectivity index (χ1) is 9.50. The summed E-state index contributed by atoms with van der Waals surface area (Å²) < 4.78 is 8.20. The zero-order chi connectivity index (χ0) is 14.3. The Bertz CT molecular complexity index is 686. The molecule has 1 unspecified atom stereocenters. The summed E-state index contributed by atoms with van der Waals surface area (Å²) in [6.45, 7) is 4.68. The van der Waals surface area contributed by atoms with E-state index in [1.54, 1.807) is 7.11 Å². The Kier molecular flexibility index (Phi) is 3.32. The number of ether oxygens (including phenoxy) is 1. The molecule has 0 amide bonds. The molecule has 0 bridgehead atoms. The van der Waals surface area contributed by atoms with Crippen molar-refractivity contribution in [3.63, 3.8) is 0 Å². The summed E-state index contributed by atoms with van der Waals surface area (Å²) in [4.78, 5) is 7.84. The highest BCUT2D eigenvalue weighted by molar-refractivity contribution is 7.71. The maximum Gasteiger partial charge on any atom is 0.215 e. The average Bonchev–Trinajstić information content (AvgIpc) is 2.72. The Morgan fingerprint density at radius 1 is 1.45 bits per heavy atom. The minimum atomic E-state index is 0.375. The zero-order valence-electron chi connectivity index (χ0n) is 12.3. The summed E-state index contributed by atoms with van der Waals surface area (Å²) in [6.07, 6.45) is 4.85. The Balaban J connectivity index is 2.10. The molecule has 2 aromatic heterocycles. The van der Waals surface area contributed by atoms with Crippen molar-refractivity contribution in [1.29, 1.82) is 0 Å². The van der Waals surface area contributed by atoms with Gasteiger partial charge in [0.15, 0.2) is 10.4 Å². The minimum Gasteiger partial charge on any atom is -0.481 e. The molecule has 2 aromatic rings. The molecule has 1 aliphatic carbocycles. The van der Waals surface area contributed by atoms with Gasteiger partial charge in [0.25, 0.3) is 0 Å². The van der Waals surface area contributed by atoms with Crippen LogP contribution in [0.3, 0.4) is 0 Å². The average molecular weight is 291 g/mol. The lowest BCUT2D eigenvalue weighted by Crippen LogP contribution is -2.25. The monoisotopic (exact) mass is 291 g/mol. The molecule has 2 heterocycles. The number of nitrogens with one attached hydrogen (secondary N) is 1. The maximum absolute atomic E-state index is 5.51. The molecule has 1 N–H and O–H groups in total. The molecule has 0 aliphatic heterocycles. The predicted molar refractivity (Wildman–Crippen MR) is 82.8 cm³/mol. The van der Waals surface area contributed by atoms with Crippen molar-refractivity contribution in [2.75, 3.05) is 7.11 Å². The predicted octanol–water partition coefficient (Wildman–Crippen LogP) is 4.24. The smallest absolute Gasteiger partial charge is 0.215 e. The number of nitrogens with zero attached hydrogens (tertiary/aromatic N) is 2. The van der Waals surface area contributed by atoms with E-state index in [1.807, 2.05) is 12.1 Å². The summed E-state index contributed by atoms with van der Waals surface area (Å²) in [5, 5.41) is 0. The molecule has 0 aromatic carbocycles. The molecule has 0 saturated heterocycles. The van der Waals surface area contributed by atoms with Gasteiger partial charge in [0, 0.05) is 12.1 Å². The van der Waals surface area contributed by atoms with Gasteiger partial charge in [-0.25, -0.2) is 0 Å². The molecule has 0 radical (unpaired) electrons. The highest BCUT2D eigenvalue weighted by Crippen LogP contribution is 2.41. The van der Waals surface area contributed by atoms with Gasteiger partial charge in [-0.3, -0.25) is 4.57 Å². The fourth-order valence-electron chi connectivity index (χ4n) is 3.31. The van der Waals surface area contributed by atoms with E-state index in [0.717, 1.165) is 22.4 Å². The number of hydrogen-bond donors (Lipinski definition) is 1. The van der Waals surface area contributed by atoms with Gasteiger partial charge in [-0.05, 0) is 43.0 Å². The second-order valence-electron chi connectivity index (χ2n) is 6.44. The molecule has 4 nitrogen and oxygen atoms in total. The Labute approximate surface area is 124 Å². The Hall–Kier alpha value is -1.36. The largest absolute Gasteiger partial charge is 0.481 e. The highest BCUT2D eigenvalue weighted by Gasteiger charge is 2.30. The molecule has 20 heavy (non-hydrogen) atoms. The number of methoxy groups -OCH3 is 1. The van der Waals surface area contributed by atoms with Crippen LogP contribution in [0.5, 0.6) is 5.88 Å². The van der Waals surface area contributed by atoms with Gasteiger partial charge >= 0.3 is 0 Å². The number of aromatic nitrogens is 3. The third kappa shape index (κ3) is 2.35. The van der Waals surface area contributed by atoms with Gasteiger partial charge in [-0.15, -0.1) is 0 Å². The molecule has 108 valence electrons. The Morgan fingerprint density at radius 3 is 2.95 bits per heavy atom. The van der Waals surface area contributed by atoms with E-state index in [0.29, 0.717) is 17.3 Å². The topological polar surface area (TPSA) is 42.8 Å². The van der Waals surface area contributed by atoms with Gasteiger partial charge in [0.2, 0.25) is 5.88 Å². The van der Waals surface area contributed by atoms with Crippen LogP contribution in [0.15, 0.2) is 12.1 Å². The number of hydrogen-bond acceptors (Lipinski definition) is 3. The second kappa shape index (κ2) is 4.88. The molecule has 1 aliphatic rings. The summed E-state index contributed by atoms with van der Waals surface area (Å²) in [6, 6.07) is 4.28. The SMILES string of the molecule is COc1ccc2[nH]c(=S)n(C3CCCC(C)(C)C3)c2n1. The molecular weight excluding hydrogens is 270 g/mol. The maximum atomic E-state index is 5.51. The molecule has 3 rings (SSSR count). The second-order valence-corrected chi connectivity index (χ2v) is 6.83. The van der Waals surface area contributed by atoms with E-state index in [2.05, 4.69) is 28.4 Å². The van der Waals surface area contributed by atoms with Crippen LogP contribution in [0.1, 0.15) is 45.6 Å². The molecule has 1 atom stereocenters. The number of rotatable bonds is 2. The van der Waals surface area contributed by atoms with Crippen LogP contribution in [0.4, 0.5) is 0 Å². The third-order valence-electron chi connectivity index (χ3n) is 4.29. The normalized spacial score (nSPS) is 22.1. The lowest BCUT2D eigenvalue weighted by Gasteiger charge is -2.35. The van der Waals surface area contributed by atoms with Gasteiger partial charge in [-0.1, -0.05) is 20.3 Å². The number of pyridine rings is 1. The van der Waals surface area contributed by atoms with Gasteiger partial charge < -0.3 is 9.72 Å². The third-order valence-corrected chi connectivity index (χ3v) is 4.59. The van der Waals surface area contributed by atoms with Crippen molar-refractivity contribution in [3.05, 3.63) is 16.9 Å². The van der Waals surface area contributed by atoms with Crippen molar-refractivity contribution in [2.24, 2.45) is 5.41 Å². The van der Waals surface area contributed by atoms with Crippen LogP contribution in [-0.2, 0) is 0 Å². The first kappa shape index (κ1) is 13.6. The summed E-state index contributed by atoms with van der Waals surface area (Å²) >= 11 is 5.51. The fourth-order valence-corrected chi connectivity index (χ4v) is 3.66. The van der Waals surface area contributed by atoms with E-state index in [4.69, 9.17) is 17.0 Å². The van der Waals surface area contributed by atoms with Crippen molar-refractivity contribution in [2.45, 2.75) is 45.6 Å². The van der Waals surface area contributed by atoms with Crippen LogP contribution < -0.4 is 4.74 Å². The van der Waals surface area contributed by atoms with E-state index < -0.39 is 0 Å². The lowest BCUT2D eigenvalue weighted by molar-refractivity contribution is 0.184. The fraction of sp³-hybridized carbons (Fsp3) is 0.600. The number of imidazole rings is 1. The van der Waals surface area contributed by atoms with Gasteiger partial charge in [0.1, 0.15) is 0 Å². The van der Waals surface area contributed by atoms with Crippen molar-refractivity contribution < 1.29 is 4.74 Å². The molecule has 5 heteroatoms. The molecule has 1 saturated carbocycles. The lowest BCUT2D eigenvalue weighted by atomic mass is 9.75. The number of H-pyrrole nitrogens is 1. The zero-order valence-corrected chi connectivity index (χ0v) is 13.1. The molecule has 1 fully saturated rings. The van der Waals surface area contributed by atoms with E-state index in [1.165, 1.54) is 19.3 Å². The van der Waals surface area contributed by atoms with Crippen LogP contribution in [0.2, 0.25) is 0 Å². The van der Waals surface area contributed by atoms with Crippen molar-refractivity contribution >= 4 is 23.4 Å². The summed E-state index contributed by atoms with van der Waals surface area (Å²) in [5.41, 5.74) is 2.27. The van der Waals surface area contributed by atoms with Crippen LogP contribution >= 0.6 is 12.2 Å². The van der Waals surface area contributed by atoms with E-state index in [-0.39, 0.29) is 0 Å². The number of aromatic amines is 1. The van der Waals surface area contributed by atoms with Crippen LogP contribution in [-0.4, -0.2) is 21.6 Å². The molecular formula is C15H21N3OS.